The van der Waals surface area contributed by atoms with Gasteiger partial charge in [0.05, 0.1) is 17.1 Å². The van der Waals surface area contributed by atoms with Crippen molar-refractivity contribution in [3.8, 4) is 0 Å². The lowest BCUT2D eigenvalue weighted by Crippen LogP contribution is -2.32. The largest absolute Gasteiger partial charge is 0.535 e. The number of hydrogen-bond donors (Lipinski definition) is 1. The molecule has 0 bridgehead atoms. The molecule has 0 spiro atoms. The number of fused-ring (bicyclic) bond motifs is 2. The molecule has 4 rings (SSSR count). The van der Waals surface area contributed by atoms with Crippen LogP contribution >= 0.6 is 0 Å². The molecular formula is C23H19N3O4. The fourth-order valence-corrected chi connectivity index (χ4v) is 3.35. The monoisotopic (exact) mass is 401 g/mol. The second kappa shape index (κ2) is 8.48. The molecule has 3 aromatic rings. The maximum Gasteiger partial charge on any atom is 0.535 e. The number of hydrogen-bond acceptors (Lipinski definition) is 5. The SMILES string of the molecule is NC(=O)N1c2ccccc2C/C(=N\OC(=O)OCc2ccccc2)c2ccccc21. The van der Waals surface area contributed by atoms with Crippen LogP contribution in [0.15, 0.2) is 84.0 Å². The molecule has 150 valence electrons. The van der Waals surface area contributed by atoms with Gasteiger partial charge in [-0.2, -0.15) is 0 Å². The highest BCUT2D eigenvalue weighted by Crippen LogP contribution is 2.36. The van der Waals surface area contributed by atoms with E-state index in [0.29, 0.717) is 29.1 Å². The fraction of sp³-hybridized carbons (Fsp3) is 0.0870. The van der Waals surface area contributed by atoms with Gasteiger partial charge in [-0.15, -0.1) is 0 Å². The minimum Gasteiger partial charge on any atom is -0.428 e. The van der Waals surface area contributed by atoms with Gasteiger partial charge < -0.3 is 10.5 Å². The van der Waals surface area contributed by atoms with E-state index >= 15 is 0 Å². The topological polar surface area (TPSA) is 94.2 Å². The molecule has 0 saturated heterocycles. The number of anilines is 2. The summed E-state index contributed by atoms with van der Waals surface area (Å²) in [6.07, 6.45) is -0.559. The summed E-state index contributed by atoms with van der Waals surface area (Å²) in [5.41, 5.74) is 9.69. The number of amides is 2. The Morgan fingerprint density at radius 2 is 1.57 bits per heavy atom. The van der Waals surface area contributed by atoms with Gasteiger partial charge in [-0.1, -0.05) is 71.9 Å². The lowest BCUT2D eigenvalue weighted by atomic mass is 10.0. The Labute approximate surface area is 173 Å². The zero-order chi connectivity index (χ0) is 20.9. The minimum absolute atomic E-state index is 0.0827. The standard InChI is InChI=1S/C23H19N3O4/c24-22(27)26-20-12-6-4-10-17(20)14-19(18-11-5-7-13-21(18)26)25-30-23(28)29-15-16-8-2-1-3-9-16/h1-13H,14-15H2,(H2,24,27)/b25-19+. The first kappa shape index (κ1) is 19.2. The van der Waals surface area contributed by atoms with E-state index in [1.807, 2.05) is 60.7 Å². The fourth-order valence-electron chi connectivity index (χ4n) is 3.35. The number of primary amides is 1. The Bertz CT molecular complexity index is 1110. The Kier molecular flexibility index (Phi) is 5.43. The van der Waals surface area contributed by atoms with Crippen LogP contribution in [0.25, 0.3) is 0 Å². The van der Waals surface area contributed by atoms with Crippen molar-refractivity contribution in [2.24, 2.45) is 10.9 Å². The molecule has 7 nitrogen and oxygen atoms in total. The average Bonchev–Trinajstić information content (AvgIpc) is 2.91. The van der Waals surface area contributed by atoms with E-state index in [1.165, 1.54) is 4.90 Å². The Morgan fingerprint density at radius 1 is 0.900 bits per heavy atom. The normalized spacial score (nSPS) is 13.7. The number of benzene rings is 3. The van der Waals surface area contributed by atoms with E-state index in [2.05, 4.69) is 5.16 Å². The van der Waals surface area contributed by atoms with Gasteiger partial charge in [-0.3, -0.25) is 9.74 Å². The van der Waals surface area contributed by atoms with Crippen molar-refractivity contribution in [2.45, 2.75) is 13.0 Å². The van der Waals surface area contributed by atoms with Crippen LogP contribution in [0.5, 0.6) is 0 Å². The summed E-state index contributed by atoms with van der Waals surface area (Å²) in [6.45, 7) is 0.0827. The lowest BCUT2D eigenvalue weighted by molar-refractivity contribution is 0.0518. The highest BCUT2D eigenvalue weighted by Gasteiger charge is 2.27. The third kappa shape index (κ3) is 4.00. The van der Waals surface area contributed by atoms with Crippen molar-refractivity contribution in [1.82, 2.24) is 0 Å². The third-order valence-electron chi connectivity index (χ3n) is 4.70. The van der Waals surface area contributed by atoms with Gasteiger partial charge in [-0.05, 0) is 23.3 Å². The number of carbonyl (C=O) groups is 2. The maximum atomic E-state index is 12.2. The van der Waals surface area contributed by atoms with Crippen LogP contribution in [0.1, 0.15) is 16.7 Å². The molecule has 3 aromatic carbocycles. The summed E-state index contributed by atoms with van der Waals surface area (Å²) < 4.78 is 5.11. The number of ether oxygens (including phenoxy) is 1. The minimum atomic E-state index is -0.909. The van der Waals surface area contributed by atoms with Gasteiger partial charge in [0.15, 0.2) is 0 Å². The molecule has 0 aliphatic carbocycles. The second-order valence-electron chi connectivity index (χ2n) is 6.65. The van der Waals surface area contributed by atoms with E-state index in [1.54, 1.807) is 18.2 Å². The van der Waals surface area contributed by atoms with E-state index in [-0.39, 0.29) is 6.61 Å². The molecule has 0 radical (unpaired) electrons. The lowest BCUT2D eigenvalue weighted by Gasteiger charge is -2.22. The molecule has 30 heavy (non-hydrogen) atoms. The van der Waals surface area contributed by atoms with Crippen molar-refractivity contribution in [2.75, 3.05) is 4.90 Å². The first-order chi connectivity index (χ1) is 14.6. The van der Waals surface area contributed by atoms with Crippen molar-refractivity contribution >= 4 is 29.3 Å². The van der Waals surface area contributed by atoms with Gasteiger partial charge in [0.25, 0.3) is 0 Å². The van der Waals surface area contributed by atoms with Crippen molar-refractivity contribution in [3.05, 3.63) is 95.6 Å². The molecule has 2 N–H and O–H groups in total. The first-order valence-corrected chi connectivity index (χ1v) is 9.35. The summed E-state index contributed by atoms with van der Waals surface area (Å²) in [4.78, 5) is 30.7. The predicted octanol–water partition coefficient (Wildman–Crippen LogP) is 4.52. The van der Waals surface area contributed by atoms with Gasteiger partial charge in [0.1, 0.15) is 6.61 Å². The Balaban J connectivity index is 1.62. The molecule has 1 heterocycles. The third-order valence-corrected chi connectivity index (χ3v) is 4.70. The number of carbonyl (C=O) groups excluding carboxylic acids is 2. The van der Waals surface area contributed by atoms with Gasteiger partial charge in [0, 0.05) is 12.0 Å². The molecule has 0 aromatic heterocycles. The summed E-state index contributed by atoms with van der Waals surface area (Å²) in [5.74, 6) is 0. The smallest absolute Gasteiger partial charge is 0.428 e. The van der Waals surface area contributed by atoms with Crippen LogP contribution in [0.4, 0.5) is 21.0 Å². The Morgan fingerprint density at radius 3 is 2.33 bits per heavy atom. The van der Waals surface area contributed by atoms with Gasteiger partial charge in [-0.25, -0.2) is 9.59 Å². The van der Waals surface area contributed by atoms with Crippen LogP contribution < -0.4 is 10.6 Å². The molecule has 0 saturated carbocycles. The molecule has 2 amide bonds. The van der Waals surface area contributed by atoms with E-state index in [4.69, 9.17) is 15.3 Å². The molecule has 0 unspecified atom stereocenters. The molecule has 7 heteroatoms. The number of urea groups is 1. The van der Waals surface area contributed by atoms with Crippen molar-refractivity contribution in [3.63, 3.8) is 0 Å². The van der Waals surface area contributed by atoms with Crippen molar-refractivity contribution in [1.29, 1.82) is 0 Å². The molecular weight excluding hydrogens is 382 g/mol. The quantitative estimate of drug-likeness (QED) is 0.397. The highest BCUT2D eigenvalue weighted by atomic mass is 16.8. The predicted molar refractivity (Wildman–Crippen MR) is 113 cm³/mol. The zero-order valence-electron chi connectivity index (χ0n) is 16.0. The number of rotatable bonds is 3. The number of nitrogens with zero attached hydrogens (tertiary/aromatic N) is 2. The molecule has 1 aliphatic heterocycles. The first-order valence-electron chi connectivity index (χ1n) is 9.35. The molecule has 1 aliphatic rings. The summed E-state index contributed by atoms with van der Waals surface area (Å²) in [7, 11) is 0. The van der Waals surface area contributed by atoms with Crippen LogP contribution in [-0.2, 0) is 22.6 Å². The van der Waals surface area contributed by atoms with Crippen LogP contribution in [0, 0.1) is 0 Å². The highest BCUT2D eigenvalue weighted by molar-refractivity contribution is 6.13. The zero-order valence-corrected chi connectivity index (χ0v) is 16.0. The molecule has 0 fully saturated rings. The van der Waals surface area contributed by atoms with E-state index in [9.17, 15) is 9.59 Å². The summed E-state index contributed by atoms with van der Waals surface area (Å²) >= 11 is 0. The average molecular weight is 401 g/mol. The number of nitrogens with two attached hydrogens (primary N) is 1. The number of oxime groups is 1. The maximum absolute atomic E-state index is 12.2. The number of para-hydroxylation sites is 2. The second-order valence-corrected chi connectivity index (χ2v) is 6.65. The summed E-state index contributed by atoms with van der Waals surface area (Å²) in [6, 6.07) is 23.2. The van der Waals surface area contributed by atoms with Gasteiger partial charge in [0.2, 0.25) is 0 Å². The van der Waals surface area contributed by atoms with Crippen LogP contribution in [-0.4, -0.2) is 17.9 Å². The van der Waals surface area contributed by atoms with E-state index in [0.717, 1.165) is 11.1 Å². The van der Waals surface area contributed by atoms with Crippen LogP contribution in [0.3, 0.4) is 0 Å². The summed E-state index contributed by atoms with van der Waals surface area (Å²) in [5, 5.41) is 4.05. The van der Waals surface area contributed by atoms with E-state index < -0.39 is 12.2 Å². The van der Waals surface area contributed by atoms with Gasteiger partial charge >= 0.3 is 12.2 Å². The van der Waals surface area contributed by atoms with Crippen LogP contribution in [0.2, 0.25) is 0 Å². The molecule has 0 atom stereocenters. The van der Waals surface area contributed by atoms with Crippen molar-refractivity contribution < 1.29 is 19.2 Å². The Hall–Kier alpha value is -4.13.